The molecule has 1 aliphatic heterocycles. The summed E-state index contributed by atoms with van der Waals surface area (Å²) >= 11 is 0. The van der Waals surface area contributed by atoms with Crippen LogP contribution >= 0.6 is 0 Å². The number of benzene rings is 9. The molecule has 4 nitrogen and oxygen atoms in total. The van der Waals surface area contributed by atoms with Crippen LogP contribution < -0.4 is 0 Å². The molecule has 4 aliphatic rings. The fourth-order valence-corrected chi connectivity index (χ4v) is 13.7. The Kier molecular flexibility index (Phi) is 12.3. The van der Waals surface area contributed by atoms with Crippen LogP contribution in [0.15, 0.2) is 261 Å². The van der Waals surface area contributed by atoms with Gasteiger partial charge in [0.25, 0.3) is 0 Å². The van der Waals surface area contributed by atoms with Crippen LogP contribution in [-0.2, 0) is 12.8 Å². The number of fused-ring (bicyclic) bond motifs is 9. The highest BCUT2D eigenvalue weighted by molar-refractivity contribution is 6.15. The smallest absolute Gasteiger partial charge is 0.159 e. The van der Waals surface area contributed by atoms with Crippen molar-refractivity contribution < 1.29 is 8.83 Å². The van der Waals surface area contributed by atoms with Crippen LogP contribution in [0.5, 0.6) is 0 Å². The van der Waals surface area contributed by atoms with Crippen LogP contribution in [0.3, 0.4) is 0 Å². The molecule has 81 heavy (non-hydrogen) atoms. The third-order valence-corrected chi connectivity index (χ3v) is 17.7. The quantitative estimate of drug-likeness (QED) is 0.137. The Morgan fingerprint density at radius 3 is 2.09 bits per heavy atom. The van der Waals surface area contributed by atoms with Gasteiger partial charge in [0.05, 0.1) is 5.71 Å². The number of hydrogen-bond acceptors (Lipinski definition) is 4. The molecule has 4 heteroatoms. The van der Waals surface area contributed by atoms with E-state index in [9.17, 15) is 0 Å². The van der Waals surface area contributed by atoms with Crippen molar-refractivity contribution in [2.45, 2.75) is 64.2 Å². The van der Waals surface area contributed by atoms with Gasteiger partial charge in [0.15, 0.2) is 5.84 Å². The number of furan rings is 2. The van der Waals surface area contributed by atoms with Gasteiger partial charge in [0.1, 0.15) is 22.5 Å². The molecule has 0 radical (unpaired) electrons. The molecule has 2 aromatic heterocycles. The largest absolute Gasteiger partial charge is 0.460 e. The minimum Gasteiger partial charge on any atom is -0.460 e. The number of para-hydroxylation sites is 1. The molecular weight excluding hydrogens is 985 g/mol. The van der Waals surface area contributed by atoms with Crippen molar-refractivity contribution in [3.8, 4) is 55.6 Å². The number of rotatable bonds is 10. The lowest BCUT2D eigenvalue weighted by Gasteiger charge is -2.34. The number of amidine groups is 1. The molecule has 3 heterocycles. The van der Waals surface area contributed by atoms with Gasteiger partial charge in [-0.2, -0.15) is 0 Å². The third kappa shape index (κ3) is 8.60. The number of allylic oxidation sites excluding steroid dienone is 6. The molecule has 3 unspecified atom stereocenters. The van der Waals surface area contributed by atoms with Crippen LogP contribution in [0, 0.1) is 5.92 Å². The third-order valence-electron chi connectivity index (χ3n) is 17.7. The van der Waals surface area contributed by atoms with Crippen molar-refractivity contribution in [3.63, 3.8) is 0 Å². The van der Waals surface area contributed by atoms with Crippen molar-refractivity contribution in [2.24, 2.45) is 15.9 Å². The lowest BCUT2D eigenvalue weighted by molar-refractivity contribution is 0.546. The van der Waals surface area contributed by atoms with Gasteiger partial charge in [-0.3, -0.25) is 0 Å². The molecule has 11 aromatic rings. The average Bonchev–Trinajstić information content (AvgIpc) is 3.83. The molecule has 3 aliphatic carbocycles. The van der Waals surface area contributed by atoms with Crippen LogP contribution in [0.4, 0.5) is 0 Å². The van der Waals surface area contributed by atoms with Gasteiger partial charge in [-0.1, -0.05) is 214 Å². The second-order valence-corrected chi connectivity index (χ2v) is 22.4. The molecule has 0 bridgehead atoms. The van der Waals surface area contributed by atoms with E-state index in [2.05, 4.69) is 250 Å². The van der Waals surface area contributed by atoms with Crippen molar-refractivity contribution in [1.82, 2.24) is 0 Å². The van der Waals surface area contributed by atoms with Crippen LogP contribution in [-0.4, -0.2) is 11.5 Å². The molecule has 0 N–H and O–H groups in total. The fourth-order valence-electron chi connectivity index (χ4n) is 13.7. The predicted octanol–water partition coefficient (Wildman–Crippen LogP) is 20.5. The Morgan fingerprint density at radius 2 is 1.26 bits per heavy atom. The summed E-state index contributed by atoms with van der Waals surface area (Å²) < 4.78 is 13.5. The summed E-state index contributed by atoms with van der Waals surface area (Å²) in [5.74, 6) is 2.29. The number of aryl methyl sites for hydroxylation is 1. The summed E-state index contributed by atoms with van der Waals surface area (Å²) in [5.41, 5.74) is 25.6. The highest BCUT2D eigenvalue weighted by Gasteiger charge is 2.33. The van der Waals surface area contributed by atoms with E-state index in [1.807, 2.05) is 0 Å². The first-order valence-electron chi connectivity index (χ1n) is 29.0. The predicted molar refractivity (Wildman–Crippen MR) is 337 cm³/mol. The van der Waals surface area contributed by atoms with Gasteiger partial charge in [-0.15, -0.1) is 0 Å². The Balaban J connectivity index is 0.894. The van der Waals surface area contributed by atoms with Crippen LogP contribution in [0.25, 0.3) is 94.6 Å². The second-order valence-electron chi connectivity index (χ2n) is 22.4. The highest BCUT2D eigenvalue weighted by Crippen LogP contribution is 2.52. The van der Waals surface area contributed by atoms with Gasteiger partial charge in [0.2, 0.25) is 0 Å². The minimum atomic E-state index is 0.107. The van der Waals surface area contributed by atoms with Gasteiger partial charge < -0.3 is 8.83 Å². The molecule has 0 saturated heterocycles. The fraction of sp³-hybridized carbons (Fsp3) is 0.143. The second kappa shape index (κ2) is 20.4. The van der Waals surface area contributed by atoms with Crippen LogP contribution in [0.2, 0.25) is 0 Å². The summed E-state index contributed by atoms with van der Waals surface area (Å²) in [5, 5.41) is 3.48. The van der Waals surface area contributed by atoms with E-state index in [0.29, 0.717) is 0 Å². The minimum absolute atomic E-state index is 0.107. The first-order valence-corrected chi connectivity index (χ1v) is 29.0. The first kappa shape index (κ1) is 48.7. The summed E-state index contributed by atoms with van der Waals surface area (Å²) in [6.45, 7) is 4.72. The number of aliphatic imine (C=N–C) groups is 2. The van der Waals surface area contributed by atoms with Gasteiger partial charge in [-0.05, 0) is 152 Å². The molecule has 0 spiro atoms. The van der Waals surface area contributed by atoms with Crippen molar-refractivity contribution in [3.05, 3.63) is 281 Å². The van der Waals surface area contributed by atoms with Gasteiger partial charge >= 0.3 is 0 Å². The molecule has 3 atom stereocenters. The first-order chi connectivity index (χ1) is 40.0. The maximum atomic E-state index is 6.80. The topological polar surface area (TPSA) is 51.0 Å². The molecule has 0 saturated carbocycles. The van der Waals surface area contributed by atoms with E-state index in [0.717, 1.165) is 128 Å². The van der Waals surface area contributed by atoms with E-state index < -0.39 is 0 Å². The standard InChI is InChI=1S/C77H60N2O2/c1-3-49-47-67(51-23-9-5-10-24-51)78-77(79-76(49)52-25-11-6-12-26-52)58-30-20-28-55(44-58)60-40-42-71-75(64-34-16-18-36-69(64)81-71)73(60)57-29-19-27-54(43-57)59-39-41-70-74(63-33-15-17-35-68(63)80-70)72(59)48(2)65-46-56-38-37-53(50-21-7-4-8-22-50)45-66(56)62-32-14-13-31-61(62)65/h4-17,19-25,27-35,37-45,48,52,65H,3,18,26,36,46-47H2,1-2H3. The SMILES string of the molecule is CCC1=C(C2C=CC=CC2)N=C(c2cccc(-c3ccc4oc5c(c4c3-c3cccc(-c4ccc6oc7ccccc7c6c4C(C)C4Cc6ccc(-c7ccccc7)cc6-c6ccccc64)c3)C=CCC5)c2)N=C(c2ccccc2)C1. The summed E-state index contributed by atoms with van der Waals surface area (Å²) in [6, 6.07) is 73.4. The zero-order valence-corrected chi connectivity index (χ0v) is 45.7. The molecule has 390 valence electrons. The lowest BCUT2D eigenvalue weighted by Crippen LogP contribution is -2.18. The normalized spacial score (nSPS) is 17.0. The number of hydrogen-bond donors (Lipinski definition) is 0. The Bertz CT molecular complexity index is 4500. The summed E-state index contributed by atoms with van der Waals surface area (Å²) in [4.78, 5) is 11.1. The van der Waals surface area contributed by atoms with Crippen molar-refractivity contribution in [1.29, 1.82) is 0 Å². The Morgan fingerprint density at radius 1 is 0.543 bits per heavy atom. The van der Waals surface area contributed by atoms with Crippen molar-refractivity contribution in [2.75, 3.05) is 0 Å². The Labute approximate surface area is 473 Å². The van der Waals surface area contributed by atoms with E-state index in [1.165, 1.54) is 61.0 Å². The van der Waals surface area contributed by atoms with Crippen molar-refractivity contribution >= 4 is 50.5 Å². The number of nitrogens with zero attached hydrogens (tertiary/aromatic N) is 2. The zero-order valence-electron chi connectivity index (χ0n) is 45.7. The highest BCUT2D eigenvalue weighted by atomic mass is 16.3. The van der Waals surface area contributed by atoms with E-state index in [1.54, 1.807) is 0 Å². The van der Waals surface area contributed by atoms with Crippen LogP contribution in [0.1, 0.15) is 90.5 Å². The maximum Gasteiger partial charge on any atom is 0.159 e. The van der Waals surface area contributed by atoms with E-state index in [-0.39, 0.29) is 17.8 Å². The molecular formula is C77H60N2O2. The lowest BCUT2D eigenvalue weighted by atomic mass is 9.70. The zero-order chi connectivity index (χ0) is 54.0. The van der Waals surface area contributed by atoms with Gasteiger partial charge in [0, 0.05) is 57.3 Å². The maximum absolute atomic E-state index is 6.80. The molecule has 9 aromatic carbocycles. The molecule has 0 fully saturated rings. The molecule has 15 rings (SSSR count). The summed E-state index contributed by atoms with van der Waals surface area (Å²) in [6.07, 6.45) is 18.8. The average molecular weight is 1050 g/mol. The monoisotopic (exact) mass is 1040 g/mol. The van der Waals surface area contributed by atoms with E-state index in [4.69, 9.17) is 18.8 Å². The molecule has 0 amide bonds. The van der Waals surface area contributed by atoms with Gasteiger partial charge in [-0.25, -0.2) is 9.98 Å². The summed E-state index contributed by atoms with van der Waals surface area (Å²) in [7, 11) is 0. The van der Waals surface area contributed by atoms with E-state index >= 15 is 0 Å². The Hall–Kier alpha value is -9.38.